The van der Waals surface area contributed by atoms with Gasteiger partial charge in [0.2, 0.25) is 0 Å². The topological polar surface area (TPSA) is 64.7 Å². The van der Waals surface area contributed by atoms with Crippen LogP contribution in [0.2, 0.25) is 0 Å². The minimum Gasteiger partial charge on any atom is -0.315 e. The molecule has 0 spiro atoms. The Labute approximate surface area is 268 Å². The number of urea groups is 2. The zero-order valence-electron chi connectivity index (χ0n) is 26.4. The van der Waals surface area contributed by atoms with Crippen LogP contribution in [-0.2, 0) is 0 Å². The molecule has 2 unspecified atom stereocenters. The predicted molar refractivity (Wildman–Crippen MR) is 171 cm³/mol. The highest BCUT2D eigenvalue weighted by atomic mass is 19.1. The number of carbonyl (C=O) groups is 2. The van der Waals surface area contributed by atoms with E-state index in [0.29, 0.717) is 0 Å². The molecule has 0 aromatic heterocycles. The van der Waals surface area contributed by atoms with Crippen molar-refractivity contribution in [2.45, 2.75) is 102 Å². The van der Waals surface area contributed by atoms with Gasteiger partial charge in [-0.1, -0.05) is 62.8 Å². The highest BCUT2D eigenvalue weighted by Crippen LogP contribution is 2.35. The maximum Gasteiger partial charge on any atom is 0.322 e. The molecular formula is C36H42F4N4O2. The summed E-state index contributed by atoms with van der Waals surface area (Å²) in [5.74, 6) is -3.14. The van der Waals surface area contributed by atoms with E-state index in [9.17, 15) is 27.2 Å². The second-order valence-corrected chi connectivity index (χ2v) is 12.5. The van der Waals surface area contributed by atoms with Crippen LogP contribution in [-0.4, -0.2) is 33.9 Å². The highest BCUT2D eigenvalue weighted by molar-refractivity contribution is 5.90. The molecule has 6 nitrogen and oxygen atoms in total. The van der Waals surface area contributed by atoms with Crippen LogP contribution in [0.4, 0.5) is 38.5 Å². The minimum atomic E-state index is -0.845. The monoisotopic (exact) mass is 638 g/mol. The predicted octanol–water partition coefficient (Wildman–Crippen LogP) is 10.1. The van der Waals surface area contributed by atoms with Crippen molar-refractivity contribution < 1.29 is 27.2 Å². The molecule has 3 aromatic carbocycles. The number of anilines is 2. The van der Waals surface area contributed by atoms with Gasteiger partial charge in [-0.15, -0.1) is 0 Å². The Hall–Kier alpha value is -4.08. The van der Waals surface area contributed by atoms with E-state index in [1.807, 2.05) is 38.1 Å². The lowest BCUT2D eigenvalue weighted by molar-refractivity contribution is 0.137. The molecule has 2 aliphatic carbocycles. The molecule has 0 saturated heterocycles. The Balaban J connectivity index is 1.42. The summed E-state index contributed by atoms with van der Waals surface area (Å²) in [6.45, 7) is 3.86. The van der Waals surface area contributed by atoms with Gasteiger partial charge in [0.1, 0.15) is 23.3 Å². The number of nitrogens with zero attached hydrogens (tertiary/aromatic N) is 2. The van der Waals surface area contributed by atoms with Crippen molar-refractivity contribution in [3.8, 4) is 0 Å². The standard InChI is InChI=1S/C36H42F4N4O2/c1-23(43(29-12-5-3-6-13-29)35(45)41-33-18-16-27(37)21-31(33)39)25-10-9-11-26(20-25)24(2)44(30-14-7-4-8-15-30)36(46)42-34-19-17-28(38)22-32(34)40/h9-11,16-24,29-30H,3-8,12-15H2,1-2H3,(H,41,45)(H,42,46). The Morgan fingerprint density at radius 1 is 0.609 bits per heavy atom. The van der Waals surface area contributed by atoms with Gasteiger partial charge in [0.15, 0.2) is 0 Å². The maximum absolute atomic E-state index is 14.5. The van der Waals surface area contributed by atoms with Crippen LogP contribution >= 0.6 is 0 Å². The number of halogens is 4. The first-order valence-electron chi connectivity index (χ1n) is 16.3. The first-order chi connectivity index (χ1) is 22.1. The lowest BCUT2D eigenvalue weighted by Gasteiger charge is -2.40. The highest BCUT2D eigenvalue weighted by Gasteiger charge is 2.33. The number of amides is 4. The average Bonchev–Trinajstić information content (AvgIpc) is 3.05. The fourth-order valence-corrected chi connectivity index (χ4v) is 6.98. The Kier molecular flexibility index (Phi) is 10.9. The van der Waals surface area contributed by atoms with Gasteiger partial charge in [0, 0.05) is 24.2 Å². The van der Waals surface area contributed by atoms with E-state index in [-0.39, 0.29) is 23.5 Å². The number of nitrogens with one attached hydrogen (secondary N) is 2. The summed E-state index contributed by atoms with van der Waals surface area (Å²) < 4.78 is 56.1. The molecule has 246 valence electrons. The summed E-state index contributed by atoms with van der Waals surface area (Å²) in [6.07, 6.45) is 9.33. The molecule has 2 aliphatic rings. The van der Waals surface area contributed by atoms with Crippen LogP contribution in [0.15, 0.2) is 60.7 Å². The van der Waals surface area contributed by atoms with Gasteiger partial charge in [-0.3, -0.25) is 0 Å². The van der Waals surface area contributed by atoms with Gasteiger partial charge in [-0.2, -0.15) is 0 Å². The minimum absolute atomic E-state index is 0.0662. The summed E-state index contributed by atoms with van der Waals surface area (Å²) in [5, 5.41) is 5.32. The van der Waals surface area contributed by atoms with Gasteiger partial charge < -0.3 is 20.4 Å². The summed E-state index contributed by atoms with van der Waals surface area (Å²) in [6, 6.07) is 12.0. The SMILES string of the molecule is CC(c1cccc(C(C)N(C(=O)Nc2ccc(F)cc2F)C2CCCCC2)c1)N(C(=O)Nc1ccc(F)cc1F)C1CCCCC1. The molecule has 2 saturated carbocycles. The van der Waals surface area contributed by atoms with Gasteiger partial charge in [0.25, 0.3) is 0 Å². The number of hydrogen-bond donors (Lipinski definition) is 2. The molecule has 2 fully saturated rings. The van der Waals surface area contributed by atoms with E-state index in [1.165, 1.54) is 12.1 Å². The smallest absolute Gasteiger partial charge is 0.315 e. The Morgan fingerprint density at radius 2 is 1.00 bits per heavy atom. The molecule has 2 N–H and O–H groups in total. The average molecular weight is 639 g/mol. The fourth-order valence-electron chi connectivity index (χ4n) is 6.98. The number of benzene rings is 3. The summed E-state index contributed by atoms with van der Waals surface area (Å²) in [7, 11) is 0. The quantitative estimate of drug-likeness (QED) is 0.241. The third kappa shape index (κ3) is 7.82. The lowest BCUT2D eigenvalue weighted by atomic mass is 9.90. The van der Waals surface area contributed by atoms with Crippen molar-refractivity contribution in [1.29, 1.82) is 0 Å². The first kappa shape index (κ1) is 33.3. The van der Waals surface area contributed by atoms with Crippen molar-refractivity contribution in [2.24, 2.45) is 0 Å². The summed E-state index contributed by atoms with van der Waals surface area (Å²) in [5.41, 5.74) is 1.51. The third-order valence-corrected chi connectivity index (χ3v) is 9.46. The zero-order chi connectivity index (χ0) is 32.8. The van der Waals surface area contributed by atoms with Crippen molar-refractivity contribution in [3.63, 3.8) is 0 Å². The van der Waals surface area contributed by atoms with Crippen LogP contribution < -0.4 is 10.6 Å². The van der Waals surface area contributed by atoms with Crippen LogP contribution in [0.5, 0.6) is 0 Å². The van der Waals surface area contributed by atoms with Gasteiger partial charge in [0.05, 0.1) is 23.5 Å². The van der Waals surface area contributed by atoms with Crippen molar-refractivity contribution >= 4 is 23.4 Å². The van der Waals surface area contributed by atoms with Gasteiger partial charge in [-0.05, 0) is 74.9 Å². The molecule has 0 aliphatic heterocycles. The van der Waals surface area contributed by atoms with Crippen molar-refractivity contribution in [1.82, 2.24) is 9.80 Å². The maximum atomic E-state index is 14.5. The van der Waals surface area contributed by atoms with Crippen LogP contribution in [0.1, 0.15) is 101 Å². The molecule has 46 heavy (non-hydrogen) atoms. The second kappa shape index (κ2) is 15.0. The Bertz CT molecular complexity index is 1410. The van der Waals surface area contributed by atoms with E-state index in [0.717, 1.165) is 99.6 Å². The van der Waals surface area contributed by atoms with E-state index >= 15 is 0 Å². The molecular weight excluding hydrogens is 596 g/mol. The number of carbonyl (C=O) groups excluding carboxylic acids is 2. The molecule has 0 heterocycles. The number of rotatable bonds is 8. The van der Waals surface area contributed by atoms with Crippen LogP contribution in [0.3, 0.4) is 0 Å². The molecule has 4 amide bonds. The molecule has 2 atom stereocenters. The van der Waals surface area contributed by atoms with Crippen LogP contribution in [0, 0.1) is 23.3 Å². The molecule has 0 radical (unpaired) electrons. The van der Waals surface area contributed by atoms with E-state index < -0.39 is 47.4 Å². The molecule has 5 rings (SSSR count). The van der Waals surface area contributed by atoms with Crippen molar-refractivity contribution in [2.75, 3.05) is 10.6 Å². The number of hydrogen-bond acceptors (Lipinski definition) is 2. The second-order valence-electron chi connectivity index (χ2n) is 12.5. The fraction of sp³-hybridized carbons (Fsp3) is 0.444. The van der Waals surface area contributed by atoms with Crippen molar-refractivity contribution in [3.05, 3.63) is 95.1 Å². The molecule has 0 bridgehead atoms. The summed E-state index contributed by atoms with van der Waals surface area (Å²) >= 11 is 0. The Morgan fingerprint density at radius 3 is 1.37 bits per heavy atom. The normalized spacial score (nSPS) is 17.2. The van der Waals surface area contributed by atoms with Gasteiger partial charge in [-0.25, -0.2) is 27.2 Å². The summed E-state index contributed by atoms with van der Waals surface area (Å²) in [4.78, 5) is 31.0. The van der Waals surface area contributed by atoms with E-state index in [1.54, 1.807) is 9.80 Å². The third-order valence-electron chi connectivity index (χ3n) is 9.46. The zero-order valence-corrected chi connectivity index (χ0v) is 26.4. The molecule has 3 aromatic rings. The van der Waals surface area contributed by atoms with E-state index in [2.05, 4.69) is 10.6 Å². The lowest BCUT2D eigenvalue weighted by Crippen LogP contribution is -2.46. The first-order valence-corrected chi connectivity index (χ1v) is 16.3. The van der Waals surface area contributed by atoms with Crippen LogP contribution in [0.25, 0.3) is 0 Å². The largest absolute Gasteiger partial charge is 0.322 e. The van der Waals surface area contributed by atoms with E-state index in [4.69, 9.17) is 0 Å². The van der Waals surface area contributed by atoms with Gasteiger partial charge >= 0.3 is 12.1 Å². The molecule has 10 heteroatoms.